The van der Waals surface area contributed by atoms with E-state index in [2.05, 4.69) is 5.32 Å². The summed E-state index contributed by atoms with van der Waals surface area (Å²) in [6.07, 6.45) is 2.41. The van der Waals surface area contributed by atoms with Crippen LogP contribution in [0, 0.1) is 0 Å². The van der Waals surface area contributed by atoms with Gasteiger partial charge in [-0.25, -0.2) is 4.79 Å². The lowest BCUT2D eigenvalue weighted by molar-refractivity contribution is -0.137. The topological polar surface area (TPSA) is 89.8 Å². The Hall–Kier alpha value is -1.33. The Morgan fingerprint density at radius 1 is 1.58 bits per heavy atom. The molecule has 0 amide bonds. The molecule has 5 nitrogen and oxygen atoms in total. The molecule has 0 radical (unpaired) electrons. The van der Waals surface area contributed by atoms with Gasteiger partial charge in [-0.2, -0.15) is 0 Å². The van der Waals surface area contributed by atoms with Gasteiger partial charge < -0.3 is 20.6 Å². The summed E-state index contributed by atoms with van der Waals surface area (Å²) in [6.45, 7) is 0. The molecule has 5 heteroatoms. The number of hydrogen-bond donors (Lipinski definition) is 4. The first-order chi connectivity index (χ1) is 5.61. The maximum atomic E-state index is 10.4. The zero-order valence-electron chi connectivity index (χ0n) is 6.14. The number of aliphatic hydroxyl groups excluding tert-OH is 1. The minimum Gasteiger partial charge on any atom is -0.479 e. The van der Waals surface area contributed by atoms with Gasteiger partial charge >= 0.3 is 5.97 Å². The molecule has 1 atom stereocenters. The van der Waals surface area contributed by atoms with E-state index in [4.69, 9.17) is 15.3 Å². The van der Waals surface area contributed by atoms with Crippen molar-refractivity contribution in [2.24, 2.45) is 0 Å². The number of nitrogens with one attached hydrogen (secondary N) is 1. The lowest BCUT2D eigenvalue weighted by Crippen LogP contribution is -2.34. The fourth-order valence-electron chi connectivity index (χ4n) is 0.811. The number of rotatable bonds is 2. The van der Waals surface area contributed by atoms with Crippen molar-refractivity contribution in [2.45, 2.75) is 12.3 Å². The number of carboxylic acid groups (broad SMARTS) is 1. The van der Waals surface area contributed by atoms with E-state index < -0.39 is 18.3 Å². The Kier molecular flexibility index (Phi) is 2.47. The molecule has 12 heavy (non-hydrogen) atoms. The third kappa shape index (κ3) is 1.84. The van der Waals surface area contributed by atoms with Gasteiger partial charge in [0.2, 0.25) is 0 Å². The molecule has 0 saturated carbocycles. The van der Waals surface area contributed by atoms with E-state index in [1.807, 2.05) is 0 Å². The normalized spacial score (nSPS) is 21.9. The molecule has 0 aliphatic carbocycles. The molecular weight excluding hydrogens is 162 g/mol. The zero-order chi connectivity index (χ0) is 9.14. The molecule has 0 saturated heterocycles. The largest absolute Gasteiger partial charge is 0.479 e. The molecule has 0 aromatic heterocycles. The van der Waals surface area contributed by atoms with Gasteiger partial charge in [0.25, 0.3) is 0 Å². The van der Waals surface area contributed by atoms with Gasteiger partial charge in [-0.3, -0.25) is 0 Å². The van der Waals surface area contributed by atoms with Crippen LogP contribution in [0.4, 0.5) is 0 Å². The van der Waals surface area contributed by atoms with Crippen LogP contribution in [0.15, 0.2) is 23.9 Å². The van der Waals surface area contributed by atoms with Crippen molar-refractivity contribution >= 4 is 5.97 Å². The van der Waals surface area contributed by atoms with E-state index in [1.165, 1.54) is 18.4 Å². The van der Waals surface area contributed by atoms with Gasteiger partial charge in [-0.05, 0) is 0 Å². The van der Waals surface area contributed by atoms with Crippen molar-refractivity contribution in [1.29, 1.82) is 0 Å². The quantitative estimate of drug-likeness (QED) is 0.391. The van der Waals surface area contributed by atoms with Crippen molar-refractivity contribution in [2.75, 3.05) is 0 Å². The van der Waals surface area contributed by atoms with E-state index in [9.17, 15) is 4.79 Å². The average molecular weight is 171 g/mol. The SMILES string of the molecule is O=C(O)C1C=CC(C(O)O)=CN1. The predicted octanol–water partition coefficient (Wildman–Crippen LogP) is -1.21. The average Bonchev–Trinajstić information content (AvgIpc) is 2.04. The molecule has 0 aromatic carbocycles. The number of aliphatic carboxylic acids is 1. The van der Waals surface area contributed by atoms with E-state index in [0.717, 1.165) is 0 Å². The number of carbonyl (C=O) groups is 1. The fraction of sp³-hybridized carbons (Fsp3) is 0.286. The van der Waals surface area contributed by atoms with Crippen molar-refractivity contribution in [3.63, 3.8) is 0 Å². The standard InChI is InChI=1S/C7H9NO4/c9-6(10)4-1-2-5(7(11)12)8-3-4/h1-3,5-6,8-10H,(H,11,12). The Morgan fingerprint density at radius 3 is 2.58 bits per heavy atom. The van der Waals surface area contributed by atoms with Crippen LogP contribution < -0.4 is 5.32 Å². The van der Waals surface area contributed by atoms with Crippen LogP contribution in [0.1, 0.15) is 0 Å². The fourth-order valence-corrected chi connectivity index (χ4v) is 0.811. The molecule has 0 aromatic rings. The highest BCUT2D eigenvalue weighted by Crippen LogP contribution is 2.06. The van der Waals surface area contributed by atoms with Crippen molar-refractivity contribution in [1.82, 2.24) is 5.32 Å². The molecule has 1 unspecified atom stereocenters. The van der Waals surface area contributed by atoms with Crippen LogP contribution in [-0.4, -0.2) is 33.6 Å². The van der Waals surface area contributed by atoms with Crippen molar-refractivity contribution in [3.05, 3.63) is 23.9 Å². The Balaban J connectivity index is 2.61. The van der Waals surface area contributed by atoms with Crippen LogP contribution in [0.5, 0.6) is 0 Å². The maximum Gasteiger partial charge on any atom is 0.330 e. The van der Waals surface area contributed by atoms with Gasteiger partial charge in [-0.15, -0.1) is 0 Å². The lowest BCUT2D eigenvalue weighted by atomic mass is 10.1. The van der Waals surface area contributed by atoms with Crippen LogP contribution in [-0.2, 0) is 4.79 Å². The maximum absolute atomic E-state index is 10.4. The van der Waals surface area contributed by atoms with E-state index >= 15 is 0 Å². The summed E-state index contributed by atoms with van der Waals surface area (Å²) in [5.41, 5.74) is 0.243. The summed E-state index contributed by atoms with van der Waals surface area (Å²) in [5.74, 6) is -1.01. The molecular formula is C7H9NO4. The highest BCUT2D eigenvalue weighted by molar-refractivity contribution is 5.76. The molecule has 0 fully saturated rings. The van der Waals surface area contributed by atoms with Crippen LogP contribution in [0.3, 0.4) is 0 Å². The predicted molar refractivity (Wildman–Crippen MR) is 40.0 cm³/mol. The van der Waals surface area contributed by atoms with Gasteiger partial charge in [0.05, 0.1) is 0 Å². The minimum absolute atomic E-state index is 0.243. The molecule has 1 aliphatic heterocycles. The number of hydrogen-bond acceptors (Lipinski definition) is 4. The molecule has 1 rings (SSSR count). The first-order valence-electron chi connectivity index (χ1n) is 3.34. The van der Waals surface area contributed by atoms with Gasteiger partial charge in [-0.1, -0.05) is 12.2 Å². The van der Waals surface area contributed by atoms with Gasteiger partial charge in [0, 0.05) is 11.8 Å². The number of dihydropyridines is 1. The van der Waals surface area contributed by atoms with Crippen LogP contribution in [0.2, 0.25) is 0 Å². The Morgan fingerprint density at radius 2 is 2.25 bits per heavy atom. The van der Waals surface area contributed by atoms with E-state index in [0.29, 0.717) is 0 Å². The molecule has 1 aliphatic rings. The minimum atomic E-state index is -1.57. The third-order valence-corrected chi connectivity index (χ3v) is 1.47. The summed E-state index contributed by atoms with van der Waals surface area (Å²) < 4.78 is 0. The van der Waals surface area contributed by atoms with Crippen molar-refractivity contribution < 1.29 is 20.1 Å². The second kappa shape index (κ2) is 3.38. The lowest BCUT2D eigenvalue weighted by Gasteiger charge is -2.15. The van der Waals surface area contributed by atoms with Crippen molar-refractivity contribution in [3.8, 4) is 0 Å². The zero-order valence-corrected chi connectivity index (χ0v) is 6.14. The smallest absolute Gasteiger partial charge is 0.330 e. The highest BCUT2D eigenvalue weighted by atomic mass is 16.5. The van der Waals surface area contributed by atoms with E-state index in [1.54, 1.807) is 0 Å². The van der Waals surface area contributed by atoms with Crippen LogP contribution >= 0.6 is 0 Å². The first kappa shape index (κ1) is 8.76. The summed E-state index contributed by atoms with van der Waals surface area (Å²) in [6, 6.07) is -0.785. The number of carboxylic acids is 1. The second-order valence-corrected chi connectivity index (χ2v) is 2.36. The highest BCUT2D eigenvalue weighted by Gasteiger charge is 2.16. The monoisotopic (exact) mass is 171 g/mol. The van der Waals surface area contributed by atoms with Gasteiger partial charge in [0.1, 0.15) is 6.04 Å². The Labute approximate surface area is 68.6 Å². The first-order valence-corrected chi connectivity index (χ1v) is 3.34. The third-order valence-electron chi connectivity index (χ3n) is 1.47. The van der Waals surface area contributed by atoms with Gasteiger partial charge in [0.15, 0.2) is 6.29 Å². The van der Waals surface area contributed by atoms with E-state index in [-0.39, 0.29) is 5.57 Å². The Bertz CT molecular complexity index is 244. The molecule has 66 valence electrons. The van der Waals surface area contributed by atoms with Crippen LogP contribution in [0.25, 0.3) is 0 Å². The number of aliphatic hydroxyl groups is 2. The molecule has 4 N–H and O–H groups in total. The summed E-state index contributed by atoms with van der Waals surface area (Å²) in [5, 5.41) is 28.3. The second-order valence-electron chi connectivity index (χ2n) is 2.36. The summed E-state index contributed by atoms with van der Waals surface area (Å²) in [4.78, 5) is 10.4. The molecule has 0 bridgehead atoms. The summed E-state index contributed by atoms with van der Waals surface area (Å²) >= 11 is 0. The molecule has 0 spiro atoms. The molecule has 1 heterocycles. The summed E-state index contributed by atoms with van der Waals surface area (Å²) in [7, 11) is 0.